The predicted molar refractivity (Wildman–Crippen MR) is 106 cm³/mol. The van der Waals surface area contributed by atoms with Gasteiger partial charge in [0.2, 0.25) is 0 Å². The predicted octanol–water partition coefficient (Wildman–Crippen LogP) is 4.28. The third-order valence-electron chi connectivity index (χ3n) is 2.57. The molecule has 0 fully saturated rings. The first kappa shape index (κ1) is 25.0. The van der Waals surface area contributed by atoms with E-state index in [9.17, 15) is 4.79 Å². The van der Waals surface area contributed by atoms with E-state index in [1.807, 2.05) is 60.7 Å². The van der Waals surface area contributed by atoms with E-state index in [0.29, 0.717) is 16.4 Å². The number of ketones is 1. The van der Waals surface area contributed by atoms with Crippen LogP contribution in [0.15, 0.2) is 65.8 Å². The average molecular weight is 483 g/mol. The van der Waals surface area contributed by atoms with Gasteiger partial charge in [-0.15, -0.1) is 12.4 Å². The maximum atomic E-state index is 11.0. The number of carbonyl (C=O) groups excluding carboxylic acids is 1. The quantitative estimate of drug-likeness (QED) is 0.199. The average Bonchev–Trinajstić information content (AvgIpc) is 2.66. The van der Waals surface area contributed by atoms with Crippen molar-refractivity contribution in [3.63, 3.8) is 0 Å². The first-order chi connectivity index (χ1) is 11.2. The van der Waals surface area contributed by atoms with Crippen LogP contribution in [0.25, 0.3) is 0 Å². The first-order valence-corrected chi connectivity index (χ1v) is 8.69. The van der Waals surface area contributed by atoms with Crippen LogP contribution in [0.5, 0.6) is 0 Å². The van der Waals surface area contributed by atoms with Crippen LogP contribution in [0.4, 0.5) is 0 Å². The van der Waals surface area contributed by atoms with E-state index in [0.717, 1.165) is 11.1 Å². The Bertz CT molecular complexity index is 584. The molecule has 0 aliphatic heterocycles. The molecule has 132 valence electrons. The van der Waals surface area contributed by atoms with E-state index < -0.39 is 0 Å². The Morgan fingerprint density at radius 1 is 0.875 bits per heavy atom. The minimum Gasteiger partial charge on any atom is -0.411 e. The molecule has 4 N–H and O–H groups in total. The van der Waals surface area contributed by atoms with E-state index >= 15 is 0 Å². The minimum atomic E-state index is 0. The molecular weight excluding hydrogens is 463 g/mol. The van der Waals surface area contributed by atoms with Gasteiger partial charge in [0.1, 0.15) is 0 Å². The molecule has 0 heterocycles. The Morgan fingerprint density at radius 3 is 1.62 bits per heavy atom. The summed E-state index contributed by atoms with van der Waals surface area (Å²) >= 11 is 6.32. The smallest absolute Gasteiger partial charge is 0.173 e. The summed E-state index contributed by atoms with van der Waals surface area (Å²) in [5, 5.41) is 19.1. The topological polar surface area (TPSA) is 95.9 Å². The number of alkyl halides is 2. The van der Waals surface area contributed by atoms with Crippen LogP contribution >= 0.6 is 44.3 Å². The number of halogens is 3. The molecule has 0 spiro atoms. The van der Waals surface area contributed by atoms with Gasteiger partial charge in [0.05, 0.1) is 11.0 Å². The second-order valence-electron chi connectivity index (χ2n) is 3.97. The van der Waals surface area contributed by atoms with Crippen molar-refractivity contribution in [2.24, 2.45) is 11.1 Å². The van der Waals surface area contributed by atoms with E-state index in [2.05, 4.69) is 42.9 Å². The Labute approximate surface area is 164 Å². The number of carbonyl (C=O) groups is 1. The number of benzene rings is 2. The molecule has 0 saturated carbocycles. The summed E-state index contributed by atoms with van der Waals surface area (Å²) in [5.41, 5.74) is 2.34. The fourth-order valence-corrected chi connectivity index (χ4v) is 2.25. The lowest BCUT2D eigenvalue weighted by molar-refractivity contribution is 0.102. The van der Waals surface area contributed by atoms with Crippen LogP contribution in [-0.4, -0.2) is 32.6 Å². The fourth-order valence-electron chi connectivity index (χ4n) is 1.49. The van der Waals surface area contributed by atoms with Gasteiger partial charge in [-0.25, -0.2) is 5.90 Å². The highest BCUT2D eigenvalue weighted by molar-refractivity contribution is 9.09. The summed E-state index contributed by atoms with van der Waals surface area (Å²) in [6, 6.07) is 18.8. The molecule has 0 aliphatic rings. The number of Topliss-reactive ketones (excluding diaryl/α,β-unsaturated/α-hetero) is 1. The largest absolute Gasteiger partial charge is 0.411 e. The van der Waals surface area contributed by atoms with Crippen molar-refractivity contribution in [1.29, 1.82) is 0 Å². The SMILES string of the molecule is Cl.NO.O/N=C(/CBr)c1ccccc1.O=C(CBr)c1ccccc1. The normalized spacial score (nSPS) is 9.42. The van der Waals surface area contributed by atoms with Gasteiger partial charge in [-0.1, -0.05) is 97.7 Å². The molecule has 0 aromatic heterocycles. The Morgan fingerprint density at radius 2 is 1.29 bits per heavy atom. The molecule has 0 radical (unpaired) electrons. The zero-order valence-corrected chi connectivity index (χ0v) is 16.7. The van der Waals surface area contributed by atoms with Crippen molar-refractivity contribution in [3.8, 4) is 0 Å². The van der Waals surface area contributed by atoms with Crippen LogP contribution in [-0.2, 0) is 0 Å². The zero-order chi connectivity index (χ0) is 17.5. The number of hydrogen-bond acceptors (Lipinski definition) is 5. The second-order valence-corrected chi connectivity index (χ2v) is 5.09. The highest BCUT2D eigenvalue weighted by atomic mass is 79.9. The van der Waals surface area contributed by atoms with Crippen molar-refractivity contribution in [2.75, 3.05) is 10.7 Å². The Hall–Kier alpha value is -1.25. The molecule has 5 nitrogen and oxygen atoms in total. The van der Waals surface area contributed by atoms with Gasteiger partial charge in [-0.3, -0.25) is 4.79 Å². The van der Waals surface area contributed by atoms with Crippen molar-refractivity contribution < 1.29 is 15.2 Å². The summed E-state index contributed by atoms with van der Waals surface area (Å²) in [5.74, 6) is 3.63. The van der Waals surface area contributed by atoms with Gasteiger partial charge >= 0.3 is 0 Å². The molecule has 24 heavy (non-hydrogen) atoms. The number of rotatable bonds is 4. The van der Waals surface area contributed by atoms with Crippen LogP contribution in [0, 0.1) is 0 Å². The second kappa shape index (κ2) is 16.6. The van der Waals surface area contributed by atoms with Crippen LogP contribution in [0.2, 0.25) is 0 Å². The lowest BCUT2D eigenvalue weighted by atomic mass is 10.1. The molecular formula is C16H19Br2ClN2O3. The van der Waals surface area contributed by atoms with Gasteiger partial charge in [-0.2, -0.15) is 0 Å². The van der Waals surface area contributed by atoms with E-state index in [-0.39, 0.29) is 18.2 Å². The van der Waals surface area contributed by atoms with Gasteiger partial charge in [0, 0.05) is 16.5 Å². The summed E-state index contributed by atoms with van der Waals surface area (Å²) < 4.78 is 0. The van der Waals surface area contributed by atoms with E-state index in [1.165, 1.54) is 0 Å². The summed E-state index contributed by atoms with van der Waals surface area (Å²) in [6.07, 6.45) is 0. The maximum Gasteiger partial charge on any atom is 0.173 e. The highest BCUT2D eigenvalue weighted by Crippen LogP contribution is 2.03. The van der Waals surface area contributed by atoms with E-state index in [1.54, 1.807) is 0 Å². The molecule has 0 amide bonds. The van der Waals surface area contributed by atoms with Crippen molar-refractivity contribution in [1.82, 2.24) is 0 Å². The molecule has 0 saturated heterocycles. The number of oxime groups is 1. The molecule has 0 aliphatic carbocycles. The lowest BCUT2D eigenvalue weighted by Gasteiger charge is -1.97. The Kier molecular flexibility index (Phi) is 17.3. The van der Waals surface area contributed by atoms with Gasteiger partial charge in [0.25, 0.3) is 0 Å². The summed E-state index contributed by atoms with van der Waals surface area (Å²) in [7, 11) is 0. The maximum absolute atomic E-state index is 11.0. The van der Waals surface area contributed by atoms with Crippen molar-refractivity contribution in [3.05, 3.63) is 71.8 Å². The molecule has 8 heteroatoms. The summed E-state index contributed by atoms with van der Waals surface area (Å²) in [6.45, 7) is 0. The third-order valence-corrected chi connectivity index (χ3v) is 3.61. The number of hydrogen-bond donors (Lipinski definition) is 3. The standard InChI is InChI=1S/C8H8BrNO.C8H7BrO.ClH.H3NO/c9-6-8(10-11)7-4-2-1-3-5-7;9-6-8(10)7-4-2-1-3-5-7;;1-2/h1-5,11H,6H2;1-5H,6H2;1H;2H,1H2/b10-8-;;;. The van der Waals surface area contributed by atoms with Gasteiger partial charge in [0.15, 0.2) is 5.78 Å². The highest BCUT2D eigenvalue weighted by Gasteiger charge is 2.00. The number of nitrogens with two attached hydrogens (primary N) is 1. The van der Waals surface area contributed by atoms with Crippen molar-refractivity contribution in [2.45, 2.75) is 0 Å². The summed E-state index contributed by atoms with van der Waals surface area (Å²) in [4.78, 5) is 11.0. The molecule has 2 aromatic rings. The Balaban J connectivity index is 0. The molecule has 0 bridgehead atoms. The first-order valence-electron chi connectivity index (χ1n) is 6.45. The molecule has 0 atom stereocenters. The fraction of sp³-hybridized carbons (Fsp3) is 0.125. The zero-order valence-electron chi connectivity index (χ0n) is 12.7. The molecule has 0 unspecified atom stereocenters. The van der Waals surface area contributed by atoms with Gasteiger partial charge in [-0.05, 0) is 0 Å². The van der Waals surface area contributed by atoms with E-state index in [4.69, 9.17) is 10.4 Å². The van der Waals surface area contributed by atoms with Crippen LogP contribution < -0.4 is 5.90 Å². The number of nitrogens with zero attached hydrogens (tertiary/aromatic N) is 1. The minimum absolute atomic E-state index is 0. The molecule has 2 aromatic carbocycles. The van der Waals surface area contributed by atoms with Crippen LogP contribution in [0.1, 0.15) is 15.9 Å². The lowest BCUT2D eigenvalue weighted by Crippen LogP contribution is -2.01. The monoisotopic (exact) mass is 480 g/mol. The van der Waals surface area contributed by atoms with Crippen LogP contribution in [0.3, 0.4) is 0 Å². The van der Waals surface area contributed by atoms with Gasteiger partial charge < -0.3 is 10.4 Å². The van der Waals surface area contributed by atoms with Crippen molar-refractivity contribution >= 4 is 55.8 Å². The third kappa shape index (κ3) is 9.79. The molecule has 2 rings (SSSR count).